The van der Waals surface area contributed by atoms with E-state index in [0.717, 1.165) is 143 Å². The quantitative estimate of drug-likeness (QED) is 0.0237. The molecule has 0 saturated carbocycles. The maximum absolute atomic E-state index is 5.38. The molecular formula is C104H188O29. The van der Waals surface area contributed by atoms with Crippen molar-refractivity contribution in [1.82, 2.24) is 0 Å². The largest absolute Gasteiger partial charge is 0.502 e. The van der Waals surface area contributed by atoms with Crippen molar-refractivity contribution in [3.8, 4) is 0 Å². The van der Waals surface area contributed by atoms with Crippen LogP contribution in [0.25, 0.3) is 0 Å². The monoisotopic (exact) mass is 1900 g/mol. The Bertz CT molecular complexity index is 2050. The fourth-order valence-corrected chi connectivity index (χ4v) is 7.70. The summed E-state index contributed by atoms with van der Waals surface area (Å²) >= 11 is 0. The number of rotatable bonds is 103. The number of ether oxygens (including phenoxy) is 29. The third-order valence-corrected chi connectivity index (χ3v) is 13.7. The molecule has 0 aliphatic carbocycles. The Kier molecular flexibility index (Phi) is 187. The molecule has 778 valence electrons. The van der Waals surface area contributed by atoms with Crippen LogP contribution < -0.4 is 0 Å². The molecule has 29 heteroatoms. The number of hydrogen-bond acceptors (Lipinski definition) is 29. The summed E-state index contributed by atoms with van der Waals surface area (Å²) in [6, 6.07) is 0. The molecule has 0 spiro atoms. The molecule has 0 saturated heterocycles. The highest BCUT2D eigenvalue weighted by atomic mass is 16.7. The molecule has 0 radical (unpaired) electrons. The summed E-state index contributed by atoms with van der Waals surface area (Å²) < 4.78 is 149. The molecule has 0 heterocycles. The van der Waals surface area contributed by atoms with Crippen molar-refractivity contribution in [2.75, 3.05) is 331 Å². The normalized spacial score (nSPS) is 9.71. The van der Waals surface area contributed by atoms with Crippen LogP contribution >= 0.6 is 0 Å². The lowest BCUT2D eigenvalue weighted by Crippen LogP contribution is -2.13. The summed E-state index contributed by atoms with van der Waals surface area (Å²) in [5, 5.41) is 0. The van der Waals surface area contributed by atoms with E-state index in [1.165, 1.54) is 63.3 Å². The summed E-state index contributed by atoms with van der Waals surface area (Å²) in [6.45, 7) is 101. The van der Waals surface area contributed by atoms with Gasteiger partial charge >= 0.3 is 0 Å². The van der Waals surface area contributed by atoms with Crippen molar-refractivity contribution in [3.63, 3.8) is 0 Å². The van der Waals surface area contributed by atoms with Gasteiger partial charge in [0.05, 0.1) is 328 Å². The Labute approximate surface area is 808 Å². The van der Waals surface area contributed by atoms with Gasteiger partial charge in [0.1, 0.15) is 13.6 Å². The Morgan fingerprint density at radius 2 is 0.241 bits per heavy atom. The van der Waals surface area contributed by atoms with Gasteiger partial charge < -0.3 is 137 Å². The van der Waals surface area contributed by atoms with Gasteiger partial charge in [-0.15, -0.1) is 92.1 Å². The first-order chi connectivity index (χ1) is 65.6. The van der Waals surface area contributed by atoms with Gasteiger partial charge in [0, 0.05) is 26.4 Å². The molecule has 29 nitrogen and oxygen atoms in total. The predicted molar refractivity (Wildman–Crippen MR) is 543 cm³/mol. The standard InChI is InChI=1S/C14H26O5.C12H22O4.2C12H22O3.C10H18O3.2C10H18O2.C8H14O3.2C8H14O2/c1-3-5-15-7-9-17-11-13-19-14-12-18-10-8-16-6-4-2;1-3-5-13-7-9-15-11-12-16-10-8-14-6-4-2;1-3-7-13-9-5-11-15-12-6-10-14-8-4-2;1-3-5-7-13-9-11-15-12-10-14-8-6-4-2;1-3-5-11-7-9-13-10-8-12-6-4-2;2*1-3-11-9-7-5-6-8-10-12-4-2;1-3-5-9-7-11-8-10-6-4-2;1-3-9-7-5-6-8-10-4-2;1-3-5-9-7-8-10-6-4-2/h3-4H,1-2,5-14H2;3-4H,1-2,5-12H2;2*3-4H,1-2,5-12H2;3-4H,1-2,5-10H2;2*3-4H,1-2,5-10H2;3-4H,1-2,5-8H2;2*3-4H,1-2,5-8H2. The first kappa shape index (κ1) is 146. The highest BCUT2D eigenvalue weighted by Crippen LogP contribution is 2.03. The molecule has 0 N–H and O–H groups in total. The lowest BCUT2D eigenvalue weighted by Gasteiger charge is -2.07. The Morgan fingerprint density at radius 1 is 0.105 bits per heavy atom. The minimum absolute atomic E-state index is 0.239. The molecule has 0 aliphatic rings. The zero-order valence-electron chi connectivity index (χ0n) is 82.8. The summed E-state index contributed by atoms with van der Waals surface area (Å²) in [4.78, 5) is 0. The van der Waals surface area contributed by atoms with Crippen LogP contribution in [-0.2, 0) is 137 Å². The van der Waals surface area contributed by atoms with E-state index in [1.54, 1.807) is 72.9 Å². The van der Waals surface area contributed by atoms with Crippen LogP contribution in [0.1, 0.15) is 89.9 Å². The van der Waals surface area contributed by atoms with Gasteiger partial charge in [-0.05, 0) is 89.9 Å². The van der Waals surface area contributed by atoms with Crippen molar-refractivity contribution in [1.29, 1.82) is 0 Å². The van der Waals surface area contributed by atoms with E-state index in [1.807, 2.05) is 12.2 Å². The van der Waals surface area contributed by atoms with Gasteiger partial charge in [0.25, 0.3) is 0 Å². The molecule has 0 fully saturated rings. The fourth-order valence-electron chi connectivity index (χ4n) is 7.70. The second-order valence-electron chi connectivity index (χ2n) is 25.1. The molecule has 0 unspecified atom stereocenters. The summed E-state index contributed by atoms with van der Waals surface area (Å²) in [5.74, 6) is 0. The van der Waals surface area contributed by atoms with Crippen LogP contribution in [-0.4, -0.2) is 331 Å². The molecule has 0 bridgehead atoms. The van der Waals surface area contributed by atoms with E-state index in [4.69, 9.17) is 137 Å². The molecule has 0 aromatic carbocycles. The maximum Gasteiger partial charge on any atom is 0.150 e. The van der Waals surface area contributed by atoms with Crippen molar-refractivity contribution < 1.29 is 137 Å². The van der Waals surface area contributed by atoms with Gasteiger partial charge in [-0.3, -0.25) is 0 Å². The predicted octanol–water partition coefficient (Wildman–Crippen LogP) is 19.2. The Morgan fingerprint density at radius 3 is 0.406 bits per heavy atom. The Balaban J connectivity index is -0.000000159. The average Bonchev–Trinajstić information content (AvgIpc) is 1.10. The van der Waals surface area contributed by atoms with Crippen molar-refractivity contribution in [3.05, 3.63) is 254 Å². The first-order valence-electron chi connectivity index (χ1n) is 45.8. The second-order valence-corrected chi connectivity index (χ2v) is 25.1. The van der Waals surface area contributed by atoms with Crippen LogP contribution in [0.2, 0.25) is 0 Å². The minimum Gasteiger partial charge on any atom is -0.502 e. The SMILES string of the molecule is C=CCCOCCOCCOCCC=C.C=CCOCCCOCCCOCC=C.C=CCOCCOCC=C.C=CCOCCOCCOCC=C.C=CCOCCOCCOCCOCC=C.C=CCOCCOCCOCCOCCOCC=C.C=CCOCOCOCC=C.C=COCCCCCCOC=C.C=COCCCCCCOC=C.C=COCCCCOC=C. The van der Waals surface area contributed by atoms with Gasteiger partial charge in [-0.2, -0.15) is 0 Å². The minimum atomic E-state index is 0.239. The molecule has 0 aromatic heterocycles. The third kappa shape index (κ3) is 205. The Hall–Kier alpha value is -7.32. The van der Waals surface area contributed by atoms with Crippen molar-refractivity contribution >= 4 is 0 Å². The van der Waals surface area contributed by atoms with Crippen molar-refractivity contribution in [2.24, 2.45) is 0 Å². The van der Waals surface area contributed by atoms with E-state index >= 15 is 0 Å². The van der Waals surface area contributed by atoms with Crippen LogP contribution in [0.4, 0.5) is 0 Å². The lowest BCUT2D eigenvalue weighted by atomic mass is 10.2. The van der Waals surface area contributed by atoms with Crippen molar-refractivity contribution in [2.45, 2.75) is 89.9 Å². The van der Waals surface area contributed by atoms with Gasteiger partial charge in [-0.25, -0.2) is 0 Å². The van der Waals surface area contributed by atoms with E-state index in [9.17, 15) is 0 Å². The second kappa shape index (κ2) is 171. The molecule has 0 aliphatic heterocycles. The van der Waals surface area contributed by atoms with Crippen LogP contribution in [0, 0.1) is 0 Å². The van der Waals surface area contributed by atoms with E-state index in [-0.39, 0.29) is 13.6 Å². The zero-order chi connectivity index (χ0) is 99.9. The zero-order valence-corrected chi connectivity index (χ0v) is 82.8. The first-order valence-corrected chi connectivity index (χ1v) is 45.8. The van der Waals surface area contributed by atoms with Gasteiger partial charge in [0.15, 0.2) is 0 Å². The van der Waals surface area contributed by atoms with Gasteiger partial charge in [0.2, 0.25) is 0 Å². The molecule has 0 rings (SSSR count). The van der Waals surface area contributed by atoms with Gasteiger partial charge in [-0.1, -0.05) is 125 Å². The van der Waals surface area contributed by atoms with Crippen LogP contribution in [0.15, 0.2) is 254 Å². The maximum atomic E-state index is 5.38. The topological polar surface area (TPSA) is 268 Å². The number of unbranched alkanes of at least 4 members (excludes halogenated alkanes) is 7. The highest BCUT2D eigenvalue weighted by Gasteiger charge is 1.99. The average molecular weight is 1900 g/mol. The fraction of sp³-hybridized carbons (Fsp3) is 0.615. The molecular weight excluding hydrogens is 1710 g/mol. The van der Waals surface area contributed by atoms with E-state index < -0.39 is 0 Å². The molecule has 133 heavy (non-hydrogen) atoms. The van der Waals surface area contributed by atoms with Crippen LogP contribution in [0.5, 0.6) is 0 Å². The lowest BCUT2D eigenvalue weighted by molar-refractivity contribution is -0.121. The third-order valence-electron chi connectivity index (χ3n) is 13.7. The van der Waals surface area contributed by atoms with Crippen LogP contribution in [0.3, 0.4) is 0 Å². The highest BCUT2D eigenvalue weighted by molar-refractivity contribution is 4.71. The summed E-state index contributed by atoms with van der Waals surface area (Å²) in [5.41, 5.74) is 0. The molecule has 0 amide bonds. The van der Waals surface area contributed by atoms with E-state index in [2.05, 4.69) is 132 Å². The smallest absolute Gasteiger partial charge is 0.150 e. The summed E-state index contributed by atoms with van der Waals surface area (Å²) in [7, 11) is 0. The molecule has 0 atom stereocenters. The molecule has 0 aromatic rings. The summed E-state index contributed by atoms with van der Waals surface area (Å²) in [6.07, 6.45) is 47.9. The number of hydrogen-bond donors (Lipinski definition) is 0. The van der Waals surface area contributed by atoms with E-state index in [0.29, 0.717) is 238 Å².